The number of halogens is 1. The van der Waals surface area contributed by atoms with Crippen LogP contribution in [0.15, 0.2) is 30.5 Å². The van der Waals surface area contributed by atoms with Crippen molar-refractivity contribution in [2.24, 2.45) is 0 Å². The van der Waals surface area contributed by atoms with Gasteiger partial charge in [-0.05, 0) is 37.6 Å². The van der Waals surface area contributed by atoms with Crippen molar-refractivity contribution in [1.82, 2.24) is 9.78 Å². The summed E-state index contributed by atoms with van der Waals surface area (Å²) in [6, 6.07) is 6.98. The summed E-state index contributed by atoms with van der Waals surface area (Å²) in [5.41, 5.74) is 2.32. The normalized spacial score (nSPS) is 10.5. The lowest BCUT2D eigenvalue weighted by Gasteiger charge is -2.02. The van der Waals surface area contributed by atoms with E-state index in [4.69, 9.17) is 0 Å². The minimum Gasteiger partial charge on any atom is -0.241 e. The highest BCUT2D eigenvalue weighted by Gasteiger charge is 2.01. The minimum atomic E-state index is -0.198. The predicted molar refractivity (Wildman–Crippen MR) is 53.0 cm³/mol. The molecule has 2 nitrogen and oxygen atoms in total. The molecule has 2 aromatic rings. The van der Waals surface area contributed by atoms with Gasteiger partial charge in [0.1, 0.15) is 5.82 Å². The molecule has 0 saturated heterocycles. The SMILES string of the molecule is Cc1ccn(-c2ccc(C)c(F)c2)n1. The smallest absolute Gasteiger partial charge is 0.128 e. The Labute approximate surface area is 82.0 Å². The molecule has 2 rings (SSSR count). The molecule has 0 spiro atoms. The first-order valence-electron chi connectivity index (χ1n) is 4.45. The highest BCUT2D eigenvalue weighted by Crippen LogP contribution is 2.12. The molecule has 0 saturated carbocycles. The van der Waals surface area contributed by atoms with Gasteiger partial charge in [0.2, 0.25) is 0 Å². The third-order valence-electron chi connectivity index (χ3n) is 2.14. The second-order valence-electron chi connectivity index (χ2n) is 3.34. The standard InChI is InChI=1S/C11H11FN2/c1-8-3-4-10(7-11(8)12)14-6-5-9(2)13-14/h3-7H,1-2H3. The highest BCUT2D eigenvalue weighted by atomic mass is 19.1. The minimum absolute atomic E-state index is 0.198. The fourth-order valence-corrected chi connectivity index (χ4v) is 1.28. The molecular weight excluding hydrogens is 179 g/mol. The third kappa shape index (κ3) is 1.53. The first-order valence-corrected chi connectivity index (χ1v) is 4.45. The number of nitrogens with zero attached hydrogens (tertiary/aromatic N) is 2. The van der Waals surface area contributed by atoms with E-state index >= 15 is 0 Å². The summed E-state index contributed by atoms with van der Waals surface area (Å²) in [5.74, 6) is -0.198. The Hall–Kier alpha value is -1.64. The molecule has 0 fully saturated rings. The van der Waals surface area contributed by atoms with Crippen molar-refractivity contribution in [1.29, 1.82) is 0 Å². The van der Waals surface area contributed by atoms with Crippen LogP contribution in [0.25, 0.3) is 5.69 Å². The van der Waals surface area contributed by atoms with Gasteiger partial charge in [-0.15, -0.1) is 0 Å². The first-order chi connectivity index (χ1) is 6.66. The summed E-state index contributed by atoms with van der Waals surface area (Å²) in [7, 11) is 0. The van der Waals surface area contributed by atoms with Gasteiger partial charge in [-0.3, -0.25) is 0 Å². The quantitative estimate of drug-likeness (QED) is 0.676. The topological polar surface area (TPSA) is 17.8 Å². The van der Waals surface area contributed by atoms with E-state index in [1.165, 1.54) is 6.07 Å². The van der Waals surface area contributed by atoms with Crippen LogP contribution in [0.4, 0.5) is 4.39 Å². The molecule has 1 aromatic carbocycles. The molecule has 1 aromatic heterocycles. The molecule has 0 aliphatic rings. The number of hydrogen-bond acceptors (Lipinski definition) is 1. The van der Waals surface area contributed by atoms with Gasteiger partial charge in [0.05, 0.1) is 11.4 Å². The van der Waals surface area contributed by atoms with Gasteiger partial charge in [-0.1, -0.05) is 6.07 Å². The first kappa shape index (κ1) is 8.94. The zero-order valence-corrected chi connectivity index (χ0v) is 8.16. The van der Waals surface area contributed by atoms with E-state index in [2.05, 4.69) is 5.10 Å². The van der Waals surface area contributed by atoms with E-state index in [1.807, 2.05) is 25.3 Å². The summed E-state index contributed by atoms with van der Waals surface area (Å²) < 4.78 is 14.9. The van der Waals surface area contributed by atoms with Crippen LogP contribution < -0.4 is 0 Å². The van der Waals surface area contributed by atoms with Gasteiger partial charge >= 0.3 is 0 Å². The number of rotatable bonds is 1. The maximum atomic E-state index is 13.2. The molecule has 0 aliphatic carbocycles. The molecule has 0 unspecified atom stereocenters. The molecule has 0 bridgehead atoms. The third-order valence-corrected chi connectivity index (χ3v) is 2.14. The van der Waals surface area contributed by atoms with E-state index in [-0.39, 0.29) is 5.82 Å². The summed E-state index contributed by atoms with van der Waals surface area (Å²) >= 11 is 0. The lowest BCUT2D eigenvalue weighted by atomic mass is 10.2. The molecule has 0 atom stereocenters. The predicted octanol–water partition coefficient (Wildman–Crippen LogP) is 2.63. The molecule has 14 heavy (non-hydrogen) atoms. The largest absolute Gasteiger partial charge is 0.241 e. The second kappa shape index (κ2) is 3.25. The van der Waals surface area contributed by atoms with Crippen molar-refractivity contribution in [3.63, 3.8) is 0 Å². The molecule has 72 valence electrons. The van der Waals surface area contributed by atoms with Crippen LogP contribution in [-0.2, 0) is 0 Å². The molecule has 3 heteroatoms. The van der Waals surface area contributed by atoms with E-state index < -0.39 is 0 Å². The van der Waals surface area contributed by atoms with E-state index in [0.29, 0.717) is 5.56 Å². The summed E-state index contributed by atoms with van der Waals surface area (Å²) in [4.78, 5) is 0. The fourth-order valence-electron chi connectivity index (χ4n) is 1.28. The second-order valence-corrected chi connectivity index (χ2v) is 3.34. The van der Waals surface area contributed by atoms with Crippen LogP contribution in [0.3, 0.4) is 0 Å². The van der Waals surface area contributed by atoms with Gasteiger partial charge in [0.15, 0.2) is 0 Å². The van der Waals surface area contributed by atoms with Crippen molar-refractivity contribution in [3.8, 4) is 5.69 Å². The molecule has 1 heterocycles. The Morgan fingerprint density at radius 1 is 1.21 bits per heavy atom. The maximum Gasteiger partial charge on any atom is 0.128 e. The number of hydrogen-bond donors (Lipinski definition) is 0. The van der Waals surface area contributed by atoms with Crippen LogP contribution in [0, 0.1) is 19.7 Å². The Balaban J connectivity index is 2.47. The van der Waals surface area contributed by atoms with Crippen molar-refractivity contribution in [2.75, 3.05) is 0 Å². The van der Waals surface area contributed by atoms with Gasteiger partial charge in [-0.25, -0.2) is 9.07 Å². The van der Waals surface area contributed by atoms with Crippen LogP contribution >= 0.6 is 0 Å². The van der Waals surface area contributed by atoms with Gasteiger partial charge in [0, 0.05) is 6.20 Å². The maximum absolute atomic E-state index is 13.2. The number of aromatic nitrogens is 2. The Bertz CT molecular complexity index is 460. The van der Waals surface area contributed by atoms with Crippen molar-refractivity contribution < 1.29 is 4.39 Å². The lowest BCUT2D eigenvalue weighted by molar-refractivity contribution is 0.616. The van der Waals surface area contributed by atoms with Crippen LogP contribution in [-0.4, -0.2) is 9.78 Å². The highest BCUT2D eigenvalue weighted by molar-refractivity contribution is 5.34. The zero-order chi connectivity index (χ0) is 10.1. The average molecular weight is 190 g/mol. The van der Waals surface area contributed by atoms with Gasteiger partial charge < -0.3 is 0 Å². The van der Waals surface area contributed by atoms with E-state index in [0.717, 1.165) is 11.4 Å². The molecule has 0 radical (unpaired) electrons. The van der Waals surface area contributed by atoms with Crippen molar-refractivity contribution >= 4 is 0 Å². The van der Waals surface area contributed by atoms with Crippen molar-refractivity contribution in [3.05, 3.63) is 47.5 Å². The van der Waals surface area contributed by atoms with Crippen LogP contribution in [0.1, 0.15) is 11.3 Å². The molecular formula is C11H11FN2. The van der Waals surface area contributed by atoms with Crippen LogP contribution in [0.2, 0.25) is 0 Å². The monoisotopic (exact) mass is 190 g/mol. The summed E-state index contributed by atoms with van der Waals surface area (Å²) in [5, 5.41) is 4.20. The van der Waals surface area contributed by atoms with Gasteiger partial charge in [0.25, 0.3) is 0 Å². The van der Waals surface area contributed by atoms with E-state index in [1.54, 1.807) is 17.7 Å². The molecule has 0 N–H and O–H groups in total. The molecule has 0 amide bonds. The Morgan fingerprint density at radius 2 is 2.00 bits per heavy atom. The average Bonchev–Trinajstić information content (AvgIpc) is 2.57. The summed E-state index contributed by atoms with van der Waals surface area (Å²) in [6.07, 6.45) is 1.82. The van der Waals surface area contributed by atoms with Crippen LogP contribution in [0.5, 0.6) is 0 Å². The summed E-state index contributed by atoms with van der Waals surface area (Å²) in [6.45, 7) is 3.65. The van der Waals surface area contributed by atoms with E-state index in [9.17, 15) is 4.39 Å². The molecule has 0 aliphatic heterocycles. The lowest BCUT2D eigenvalue weighted by Crippen LogP contribution is -1.96. The zero-order valence-electron chi connectivity index (χ0n) is 8.16. The van der Waals surface area contributed by atoms with Gasteiger partial charge in [-0.2, -0.15) is 5.10 Å². The number of aryl methyl sites for hydroxylation is 2. The Kier molecular flexibility index (Phi) is 2.08. The Morgan fingerprint density at radius 3 is 2.57 bits per heavy atom. The van der Waals surface area contributed by atoms with Crippen molar-refractivity contribution in [2.45, 2.75) is 13.8 Å². The number of benzene rings is 1. The fraction of sp³-hybridized carbons (Fsp3) is 0.182.